The lowest BCUT2D eigenvalue weighted by molar-refractivity contribution is 0.0730. The molecule has 0 spiro atoms. The molecule has 1 aliphatic rings. The minimum atomic E-state index is -0.574. The molecule has 5 rings (SSSR count). The van der Waals surface area contributed by atoms with Crippen molar-refractivity contribution in [2.45, 2.75) is 25.8 Å². The summed E-state index contributed by atoms with van der Waals surface area (Å²) in [6.45, 7) is 3.05. The number of benzene rings is 3. The lowest BCUT2D eigenvalue weighted by atomic mass is 9.98. The van der Waals surface area contributed by atoms with Crippen molar-refractivity contribution in [2.75, 3.05) is 20.3 Å². The number of halogens is 1. The first-order valence-corrected chi connectivity index (χ1v) is 12.7. The molecular formula is C29H26BrNO5. The summed E-state index contributed by atoms with van der Waals surface area (Å²) in [4.78, 5) is 29.1. The Hall–Kier alpha value is -3.58. The van der Waals surface area contributed by atoms with E-state index in [4.69, 9.17) is 13.9 Å². The number of fused-ring (bicyclic) bond motifs is 2. The molecule has 0 radical (unpaired) electrons. The summed E-state index contributed by atoms with van der Waals surface area (Å²) >= 11 is 3.44. The molecule has 36 heavy (non-hydrogen) atoms. The van der Waals surface area contributed by atoms with Crippen LogP contribution in [-0.4, -0.2) is 31.1 Å². The quantitative estimate of drug-likeness (QED) is 0.265. The third-order valence-corrected chi connectivity index (χ3v) is 6.87. The Morgan fingerprint density at radius 2 is 1.81 bits per heavy atom. The highest BCUT2D eigenvalue weighted by atomic mass is 79.9. The number of carbonyl (C=O) groups is 1. The number of nitrogens with zero attached hydrogens (tertiary/aromatic N) is 1. The second kappa shape index (κ2) is 10.2. The van der Waals surface area contributed by atoms with Crippen molar-refractivity contribution in [1.82, 2.24) is 4.90 Å². The van der Waals surface area contributed by atoms with Crippen LogP contribution in [0.2, 0.25) is 0 Å². The Balaban J connectivity index is 1.59. The van der Waals surface area contributed by atoms with Crippen LogP contribution in [0.3, 0.4) is 0 Å². The van der Waals surface area contributed by atoms with Gasteiger partial charge in [0, 0.05) is 11.0 Å². The summed E-state index contributed by atoms with van der Waals surface area (Å²) in [5.74, 6) is 1.30. The topological polar surface area (TPSA) is 69.0 Å². The van der Waals surface area contributed by atoms with Crippen LogP contribution in [-0.2, 0) is 6.42 Å². The maximum Gasteiger partial charge on any atom is 0.290 e. The Labute approximate surface area is 217 Å². The van der Waals surface area contributed by atoms with E-state index in [0.29, 0.717) is 41.9 Å². The van der Waals surface area contributed by atoms with Gasteiger partial charge in [0.05, 0.1) is 30.7 Å². The van der Waals surface area contributed by atoms with Gasteiger partial charge in [0.15, 0.2) is 5.43 Å². The minimum Gasteiger partial charge on any atom is -0.497 e. The van der Waals surface area contributed by atoms with Gasteiger partial charge in [-0.3, -0.25) is 9.59 Å². The van der Waals surface area contributed by atoms with E-state index >= 15 is 0 Å². The molecule has 0 bridgehead atoms. The molecule has 3 aromatic carbocycles. The molecule has 2 heterocycles. The molecule has 7 heteroatoms. The summed E-state index contributed by atoms with van der Waals surface area (Å²) in [6.07, 6.45) is 1.50. The van der Waals surface area contributed by atoms with E-state index in [-0.39, 0.29) is 17.1 Å². The van der Waals surface area contributed by atoms with Crippen LogP contribution >= 0.6 is 15.9 Å². The van der Waals surface area contributed by atoms with Crippen molar-refractivity contribution in [3.63, 3.8) is 0 Å². The van der Waals surface area contributed by atoms with Crippen LogP contribution in [0.15, 0.2) is 80.4 Å². The molecule has 0 saturated heterocycles. The van der Waals surface area contributed by atoms with E-state index in [1.54, 1.807) is 30.2 Å². The van der Waals surface area contributed by atoms with Gasteiger partial charge in [-0.05, 0) is 66.4 Å². The Kier molecular flexibility index (Phi) is 6.83. The molecule has 0 fully saturated rings. The van der Waals surface area contributed by atoms with E-state index in [1.165, 1.54) is 0 Å². The van der Waals surface area contributed by atoms with Gasteiger partial charge in [-0.1, -0.05) is 47.1 Å². The third kappa shape index (κ3) is 4.51. The van der Waals surface area contributed by atoms with Gasteiger partial charge in [-0.15, -0.1) is 0 Å². The van der Waals surface area contributed by atoms with Gasteiger partial charge in [-0.25, -0.2) is 0 Å². The highest BCUT2D eigenvalue weighted by Gasteiger charge is 2.42. The summed E-state index contributed by atoms with van der Waals surface area (Å²) < 4.78 is 17.9. The average Bonchev–Trinajstić information content (AvgIpc) is 3.18. The fraction of sp³-hybridized carbons (Fsp3) is 0.241. The first-order chi connectivity index (χ1) is 17.5. The number of amides is 1. The van der Waals surface area contributed by atoms with Gasteiger partial charge < -0.3 is 18.8 Å². The summed E-state index contributed by atoms with van der Waals surface area (Å²) in [7, 11) is 1.63. The predicted molar refractivity (Wildman–Crippen MR) is 142 cm³/mol. The van der Waals surface area contributed by atoms with Gasteiger partial charge >= 0.3 is 0 Å². The minimum absolute atomic E-state index is 0.106. The van der Waals surface area contributed by atoms with E-state index in [2.05, 4.69) is 15.9 Å². The molecule has 6 nitrogen and oxygen atoms in total. The lowest BCUT2D eigenvalue weighted by Crippen LogP contribution is -2.31. The highest BCUT2D eigenvalue weighted by molar-refractivity contribution is 9.10. The highest BCUT2D eigenvalue weighted by Crippen LogP contribution is 2.39. The van der Waals surface area contributed by atoms with Crippen molar-refractivity contribution in [2.24, 2.45) is 0 Å². The van der Waals surface area contributed by atoms with Crippen molar-refractivity contribution in [1.29, 1.82) is 0 Å². The summed E-state index contributed by atoms with van der Waals surface area (Å²) in [5.41, 5.74) is 2.44. The fourth-order valence-corrected chi connectivity index (χ4v) is 4.97. The molecule has 0 saturated carbocycles. The Morgan fingerprint density at radius 3 is 2.56 bits per heavy atom. The average molecular weight is 548 g/mol. The molecule has 1 amide bonds. The van der Waals surface area contributed by atoms with Crippen molar-refractivity contribution >= 4 is 32.8 Å². The second-order valence-corrected chi connectivity index (χ2v) is 9.65. The molecule has 0 aliphatic carbocycles. The van der Waals surface area contributed by atoms with Crippen LogP contribution in [0.4, 0.5) is 0 Å². The summed E-state index contributed by atoms with van der Waals surface area (Å²) in [6, 6.07) is 20.1. The number of carbonyl (C=O) groups excluding carboxylic acids is 1. The van der Waals surface area contributed by atoms with Crippen LogP contribution in [0.1, 0.15) is 46.6 Å². The zero-order valence-corrected chi connectivity index (χ0v) is 21.7. The van der Waals surface area contributed by atoms with Crippen LogP contribution in [0.25, 0.3) is 11.0 Å². The van der Waals surface area contributed by atoms with E-state index in [1.807, 2.05) is 55.5 Å². The second-order valence-electron chi connectivity index (χ2n) is 8.73. The van der Waals surface area contributed by atoms with Gasteiger partial charge in [0.25, 0.3) is 5.91 Å². The number of methoxy groups -OCH3 is 1. The van der Waals surface area contributed by atoms with Gasteiger partial charge in [-0.2, -0.15) is 0 Å². The molecule has 1 aromatic heterocycles. The number of hydrogen-bond donors (Lipinski definition) is 0. The molecular weight excluding hydrogens is 522 g/mol. The predicted octanol–water partition coefficient (Wildman–Crippen LogP) is 6.14. The smallest absolute Gasteiger partial charge is 0.290 e. The molecule has 4 aromatic rings. The normalized spacial score (nSPS) is 14.8. The fourth-order valence-electron chi connectivity index (χ4n) is 4.61. The molecule has 0 N–H and O–H groups in total. The largest absolute Gasteiger partial charge is 0.497 e. The van der Waals surface area contributed by atoms with Crippen LogP contribution < -0.4 is 14.9 Å². The maximum absolute atomic E-state index is 13.7. The zero-order chi connectivity index (χ0) is 25.2. The Bertz CT molecular complexity index is 1480. The number of ether oxygens (including phenoxy) is 2. The third-order valence-electron chi connectivity index (χ3n) is 6.37. The number of rotatable bonds is 8. The van der Waals surface area contributed by atoms with Gasteiger partial charge in [0.1, 0.15) is 17.1 Å². The first-order valence-electron chi connectivity index (χ1n) is 11.9. The van der Waals surface area contributed by atoms with Crippen molar-refractivity contribution in [3.05, 3.63) is 104 Å². The van der Waals surface area contributed by atoms with Gasteiger partial charge in [0.2, 0.25) is 5.76 Å². The first kappa shape index (κ1) is 24.1. The van der Waals surface area contributed by atoms with Crippen molar-refractivity contribution in [3.8, 4) is 11.5 Å². The van der Waals surface area contributed by atoms with Crippen LogP contribution in [0.5, 0.6) is 11.5 Å². The van der Waals surface area contributed by atoms with Crippen LogP contribution in [0, 0.1) is 0 Å². The standard InChI is InChI=1S/C29H26BrNO5/c1-3-15-35-22-6-4-5-19(16-22)26-25-27(32)23-17-20(30)9-12-24(23)36-28(25)29(33)31(26)14-13-18-7-10-21(34-2)11-8-18/h4-12,16-17,26H,3,13-15H2,1-2H3. The molecule has 1 atom stereocenters. The maximum atomic E-state index is 13.7. The number of hydrogen-bond acceptors (Lipinski definition) is 5. The van der Waals surface area contributed by atoms with Crippen molar-refractivity contribution < 1.29 is 18.7 Å². The molecule has 184 valence electrons. The van der Waals surface area contributed by atoms with E-state index in [9.17, 15) is 9.59 Å². The Morgan fingerprint density at radius 1 is 1.00 bits per heavy atom. The monoisotopic (exact) mass is 547 g/mol. The lowest BCUT2D eigenvalue weighted by Gasteiger charge is -2.25. The van der Waals surface area contributed by atoms with E-state index < -0.39 is 6.04 Å². The molecule has 1 unspecified atom stereocenters. The summed E-state index contributed by atoms with van der Waals surface area (Å²) in [5, 5.41) is 0.441. The van der Waals surface area contributed by atoms with E-state index in [0.717, 1.165) is 27.8 Å². The zero-order valence-electron chi connectivity index (χ0n) is 20.1. The molecule has 1 aliphatic heterocycles. The SMILES string of the molecule is CCCOc1cccc(C2c3c(oc4ccc(Br)cc4c3=O)C(=O)N2CCc2ccc(OC)cc2)c1.